The lowest BCUT2D eigenvalue weighted by Crippen LogP contribution is -2.56. The average Bonchev–Trinajstić information content (AvgIpc) is 2.30. The molecule has 0 bridgehead atoms. The lowest BCUT2D eigenvalue weighted by Gasteiger charge is -2.40. The molecule has 0 unspecified atom stereocenters. The zero-order valence-corrected chi connectivity index (χ0v) is 12.7. The fourth-order valence-corrected chi connectivity index (χ4v) is 8.60. The van der Waals surface area contributed by atoms with Gasteiger partial charge in [-0.2, -0.15) is 0 Å². The van der Waals surface area contributed by atoms with Crippen LogP contribution in [0.5, 0.6) is 0 Å². The van der Waals surface area contributed by atoms with E-state index in [1.54, 1.807) is 0 Å². The van der Waals surface area contributed by atoms with E-state index < -0.39 is 8.64 Å². The molecule has 2 heterocycles. The average molecular weight is 228 g/mol. The molecule has 82 valence electrons. The quantitative estimate of drug-likeness (QED) is 0.616. The van der Waals surface area contributed by atoms with Gasteiger partial charge in [-0.3, -0.25) is 0 Å². The maximum atomic E-state index is 2.88. The van der Waals surface area contributed by atoms with Crippen LogP contribution < -0.4 is 0 Å². The summed E-state index contributed by atoms with van der Waals surface area (Å²) < 4.78 is 5.75. The van der Waals surface area contributed by atoms with E-state index >= 15 is 0 Å². The summed E-state index contributed by atoms with van der Waals surface area (Å²) in [6.07, 6.45) is 8.86. The second-order valence-corrected chi connectivity index (χ2v) is 10.6. The van der Waals surface area contributed by atoms with Crippen molar-refractivity contribution in [3.63, 3.8) is 0 Å². The highest BCUT2D eigenvalue weighted by Gasteiger charge is 2.24. The zero-order chi connectivity index (χ0) is 9.80. The highest BCUT2D eigenvalue weighted by molar-refractivity contribution is 6.99. The van der Waals surface area contributed by atoms with Crippen LogP contribution in [-0.2, 0) is 0 Å². The van der Waals surface area contributed by atoms with Crippen LogP contribution in [0.3, 0.4) is 0 Å². The first-order valence-electron chi connectivity index (χ1n) is 6.36. The summed E-state index contributed by atoms with van der Waals surface area (Å²) in [4.78, 5) is 0. The molecule has 2 fully saturated rings. The SMILES string of the molecule is [SiH3][SiH](N1CCCCC1)N1CCCCC1. The lowest BCUT2D eigenvalue weighted by atomic mass is 10.2. The van der Waals surface area contributed by atoms with Crippen LogP contribution in [-0.4, -0.2) is 53.7 Å². The second-order valence-electron chi connectivity index (χ2n) is 4.83. The molecule has 2 aliphatic heterocycles. The molecule has 0 N–H and O–H groups in total. The summed E-state index contributed by atoms with van der Waals surface area (Å²) in [6, 6.07) is 0. The highest BCUT2D eigenvalue weighted by atomic mass is 29.2. The first kappa shape index (κ1) is 10.9. The Morgan fingerprint density at radius 3 is 1.36 bits per heavy atom. The third-order valence-electron chi connectivity index (χ3n) is 3.84. The minimum Gasteiger partial charge on any atom is -0.317 e. The predicted molar refractivity (Wildman–Crippen MR) is 67.9 cm³/mol. The number of hydrogen-bond acceptors (Lipinski definition) is 2. The minimum atomic E-state index is -0.559. The Kier molecular flexibility index (Phi) is 4.22. The zero-order valence-electron chi connectivity index (χ0n) is 9.54. The van der Waals surface area contributed by atoms with E-state index in [0.717, 1.165) is 0 Å². The Morgan fingerprint density at radius 1 is 0.643 bits per heavy atom. The number of rotatable bonds is 2. The van der Waals surface area contributed by atoms with Gasteiger partial charge < -0.3 is 9.13 Å². The van der Waals surface area contributed by atoms with Gasteiger partial charge in [0.2, 0.25) is 0 Å². The number of piperidine rings is 2. The van der Waals surface area contributed by atoms with Crippen molar-refractivity contribution in [2.45, 2.75) is 38.5 Å². The molecule has 0 aromatic heterocycles. The first-order chi connectivity index (χ1) is 6.88. The Hall–Kier alpha value is 0.354. The summed E-state index contributed by atoms with van der Waals surface area (Å²) >= 11 is 0. The van der Waals surface area contributed by atoms with Gasteiger partial charge >= 0.3 is 0 Å². The van der Waals surface area contributed by atoms with Gasteiger partial charge in [-0.15, -0.1) is 0 Å². The first-order valence-corrected chi connectivity index (χ1v) is 12.0. The molecule has 2 aliphatic rings. The van der Waals surface area contributed by atoms with Crippen LogP contribution in [0.4, 0.5) is 0 Å². The van der Waals surface area contributed by atoms with Crippen molar-refractivity contribution < 1.29 is 0 Å². The Balaban J connectivity index is 1.82. The van der Waals surface area contributed by atoms with Gasteiger partial charge in [-0.1, -0.05) is 12.8 Å². The van der Waals surface area contributed by atoms with Crippen LogP contribution in [0, 0.1) is 0 Å². The van der Waals surface area contributed by atoms with Gasteiger partial charge in [0.25, 0.3) is 0 Å². The molecule has 2 saturated heterocycles. The highest BCUT2D eigenvalue weighted by Crippen LogP contribution is 2.15. The molecule has 2 rings (SSSR count). The fraction of sp³-hybridized carbons (Fsp3) is 1.00. The molecule has 0 radical (unpaired) electrons. The van der Waals surface area contributed by atoms with Crippen molar-refractivity contribution in [1.29, 1.82) is 0 Å². The van der Waals surface area contributed by atoms with E-state index in [1.807, 2.05) is 0 Å². The summed E-state index contributed by atoms with van der Waals surface area (Å²) in [5, 5.41) is 0. The van der Waals surface area contributed by atoms with Crippen LogP contribution in [0.2, 0.25) is 0 Å². The van der Waals surface area contributed by atoms with E-state index in [4.69, 9.17) is 0 Å². The van der Waals surface area contributed by atoms with Crippen molar-refractivity contribution >= 4 is 18.4 Å². The largest absolute Gasteiger partial charge is 0.317 e. The molecule has 0 saturated carbocycles. The molecule has 0 aromatic carbocycles. The summed E-state index contributed by atoms with van der Waals surface area (Å²) in [5.41, 5.74) is 0. The van der Waals surface area contributed by atoms with Gasteiger partial charge in [-0.05, 0) is 51.9 Å². The standard InChI is InChI=1S/C10H24N2Si2/c13-14(11-7-3-1-4-8-11)12-9-5-2-6-10-12/h14H,1-10H2,13H3. The smallest absolute Gasteiger partial charge is 0.164 e. The summed E-state index contributed by atoms with van der Waals surface area (Å²) in [7, 11) is 0.902. The van der Waals surface area contributed by atoms with E-state index in [2.05, 4.69) is 9.13 Å². The van der Waals surface area contributed by atoms with Crippen LogP contribution in [0.15, 0.2) is 0 Å². The van der Waals surface area contributed by atoms with Crippen molar-refractivity contribution in [2.24, 2.45) is 0 Å². The molecular weight excluding hydrogens is 204 g/mol. The van der Waals surface area contributed by atoms with Gasteiger partial charge in [0.1, 0.15) is 0 Å². The maximum absolute atomic E-state index is 2.88. The molecular formula is C10H24N2Si2. The van der Waals surface area contributed by atoms with Gasteiger partial charge in [0.05, 0.1) is 0 Å². The Bertz CT molecular complexity index is 148. The molecule has 0 atom stereocenters. The van der Waals surface area contributed by atoms with E-state index in [9.17, 15) is 0 Å². The number of nitrogens with zero attached hydrogens (tertiary/aromatic N) is 2. The second kappa shape index (κ2) is 5.44. The molecule has 0 aromatic rings. The van der Waals surface area contributed by atoms with Crippen molar-refractivity contribution in [3.05, 3.63) is 0 Å². The maximum Gasteiger partial charge on any atom is 0.164 e. The van der Waals surface area contributed by atoms with Gasteiger partial charge in [0, 0.05) is 9.76 Å². The van der Waals surface area contributed by atoms with Gasteiger partial charge in [0.15, 0.2) is 8.64 Å². The van der Waals surface area contributed by atoms with Crippen LogP contribution in [0.1, 0.15) is 38.5 Å². The Morgan fingerprint density at radius 2 is 1.00 bits per heavy atom. The Labute approximate surface area is 92.6 Å². The monoisotopic (exact) mass is 228 g/mol. The van der Waals surface area contributed by atoms with E-state index in [0.29, 0.717) is 0 Å². The molecule has 0 amide bonds. The molecule has 0 aliphatic carbocycles. The van der Waals surface area contributed by atoms with Gasteiger partial charge in [-0.25, -0.2) is 0 Å². The van der Waals surface area contributed by atoms with Crippen molar-refractivity contribution in [3.8, 4) is 0 Å². The number of hydrogen-bond donors (Lipinski definition) is 0. The van der Waals surface area contributed by atoms with Crippen molar-refractivity contribution in [2.75, 3.05) is 26.2 Å². The molecule has 2 nitrogen and oxygen atoms in total. The lowest BCUT2D eigenvalue weighted by molar-refractivity contribution is 0.288. The van der Waals surface area contributed by atoms with E-state index in [-0.39, 0.29) is 0 Å². The molecule has 4 heteroatoms. The van der Waals surface area contributed by atoms with E-state index in [1.165, 1.54) is 74.5 Å². The minimum absolute atomic E-state index is 0.559. The topological polar surface area (TPSA) is 6.48 Å². The van der Waals surface area contributed by atoms with Crippen LogP contribution >= 0.6 is 0 Å². The van der Waals surface area contributed by atoms with Crippen LogP contribution in [0.25, 0.3) is 0 Å². The third kappa shape index (κ3) is 2.69. The summed E-state index contributed by atoms with van der Waals surface area (Å²) in [6.45, 7) is 5.71. The third-order valence-corrected chi connectivity index (χ3v) is 11.4. The molecule has 14 heavy (non-hydrogen) atoms. The van der Waals surface area contributed by atoms with Crippen molar-refractivity contribution in [1.82, 2.24) is 9.13 Å². The molecule has 0 spiro atoms. The fourth-order valence-electron chi connectivity index (χ4n) is 2.82. The normalized spacial score (nSPS) is 27.2. The summed E-state index contributed by atoms with van der Waals surface area (Å²) in [5.74, 6) is 0. The predicted octanol–water partition coefficient (Wildman–Crippen LogP) is 0.0408.